The van der Waals surface area contributed by atoms with Crippen LogP contribution < -0.4 is 0 Å². The van der Waals surface area contributed by atoms with Crippen LogP contribution in [0.15, 0.2) is 0 Å². The van der Waals surface area contributed by atoms with Crippen LogP contribution in [0.5, 0.6) is 0 Å². The van der Waals surface area contributed by atoms with E-state index < -0.39 is 0 Å². The van der Waals surface area contributed by atoms with Crippen LogP contribution in [0, 0.1) is 6.92 Å². The van der Waals surface area contributed by atoms with Crippen molar-refractivity contribution in [3.8, 4) is 0 Å². The summed E-state index contributed by atoms with van der Waals surface area (Å²) in [5, 5.41) is 18.0. The van der Waals surface area contributed by atoms with Gasteiger partial charge in [-0.05, 0) is 13.3 Å². The molecule has 1 N–H and O–H groups in total. The number of aliphatic hydroxyl groups excluding tert-OH is 1. The summed E-state index contributed by atoms with van der Waals surface area (Å²) in [6, 6.07) is 0. The Morgan fingerprint density at radius 1 is 1.64 bits per heavy atom. The van der Waals surface area contributed by atoms with Gasteiger partial charge in [-0.2, -0.15) is 0 Å². The highest BCUT2D eigenvalue weighted by molar-refractivity contribution is 7.13. The fourth-order valence-electron chi connectivity index (χ4n) is 1.44. The zero-order valence-corrected chi connectivity index (χ0v) is 8.62. The van der Waals surface area contributed by atoms with Gasteiger partial charge in [0.15, 0.2) is 0 Å². The first-order valence-corrected chi connectivity index (χ1v) is 5.26. The molecule has 6 heteroatoms. The monoisotopic (exact) mass is 213 g/mol. The fraction of sp³-hybridized carbons (Fsp3) is 0.625. The van der Waals surface area contributed by atoms with E-state index in [1.807, 2.05) is 6.92 Å². The number of aryl methyl sites for hydroxylation is 1. The minimum absolute atomic E-state index is 0.118. The Morgan fingerprint density at radius 2 is 2.43 bits per heavy atom. The molecule has 5 nitrogen and oxygen atoms in total. The third-order valence-corrected chi connectivity index (χ3v) is 2.99. The Labute approximate surface area is 85.4 Å². The summed E-state index contributed by atoms with van der Waals surface area (Å²) in [6.07, 6.45) is 0.275. The molecule has 1 aliphatic rings. The molecule has 76 valence electrons. The minimum Gasteiger partial charge on any atom is -0.391 e. The predicted molar refractivity (Wildman–Crippen MR) is 51.2 cm³/mol. The number of aliphatic hydroxyl groups is 1. The molecule has 0 aliphatic carbocycles. The molecule has 1 aromatic rings. The van der Waals surface area contributed by atoms with Crippen molar-refractivity contribution < 1.29 is 9.90 Å². The first kappa shape index (κ1) is 9.54. The van der Waals surface area contributed by atoms with Crippen molar-refractivity contribution in [1.82, 2.24) is 15.1 Å². The maximum absolute atomic E-state index is 11.7. The second-order valence-electron chi connectivity index (χ2n) is 3.32. The van der Waals surface area contributed by atoms with E-state index in [-0.39, 0.29) is 12.0 Å². The van der Waals surface area contributed by atoms with Crippen molar-refractivity contribution >= 4 is 17.2 Å². The first-order chi connectivity index (χ1) is 6.66. The van der Waals surface area contributed by atoms with E-state index in [9.17, 15) is 9.90 Å². The number of rotatable bonds is 1. The lowest BCUT2D eigenvalue weighted by atomic mass is 10.3. The molecule has 1 saturated heterocycles. The summed E-state index contributed by atoms with van der Waals surface area (Å²) in [5.74, 6) is -0.118. The van der Waals surface area contributed by atoms with E-state index in [0.29, 0.717) is 24.5 Å². The molecular formula is C8H11N3O2S. The standard InChI is InChI=1S/C8H11N3O2S/c1-5-9-10-7(14-5)8(13)11-3-2-6(12)4-11/h6,12H,2-4H2,1H3/t6-/m0/s1. The van der Waals surface area contributed by atoms with Gasteiger partial charge in [-0.15, -0.1) is 10.2 Å². The summed E-state index contributed by atoms with van der Waals surface area (Å²) < 4.78 is 0. The van der Waals surface area contributed by atoms with Crippen LogP contribution in [-0.4, -0.2) is 45.3 Å². The molecule has 0 saturated carbocycles. The highest BCUT2D eigenvalue weighted by Gasteiger charge is 2.27. The smallest absolute Gasteiger partial charge is 0.284 e. The topological polar surface area (TPSA) is 66.3 Å². The first-order valence-electron chi connectivity index (χ1n) is 4.44. The molecule has 1 atom stereocenters. The van der Waals surface area contributed by atoms with Crippen LogP contribution in [0.4, 0.5) is 0 Å². The maximum Gasteiger partial charge on any atom is 0.284 e. The van der Waals surface area contributed by atoms with E-state index in [0.717, 1.165) is 5.01 Å². The van der Waals surface area contributed by atoms with Gasteiger partial charge in [-0.1, -0.05) is 11.3 Å². The number of carbonyl (C=O) groups excluding carboxylic acids is 1. The normalized spacial score (nSPS) is 21.6. The summed E-state index contributed by atoms with van der Waals surface area (Å²) >= 11 is 1.29. The van der Waals surface area contributed by atoms with E-state index in [1.165, 1.54) is 11.3 Å². The van der Waals surface area contributed by atoms with Crippen LogP contribution in [0.25, 0.3) is 0 Å². The molecule has 2 rings (SSSR count). The lowest BCUT2D eigenvalue weighted by Gasteiger charge is -2.12. The quantitative estimate of drug-likeness (QED) is 0.716. The van der Waals surface area contributed by atoms with Crippen molar-refractivity contribution in [3.05, 3.63) is 10.0 Å². The summed E-state index contributed by atoms with van der Waals surface area (Å²) in [5.41, 5.74) is 0. The van der Waals surface area contributed by atoms with Gasteiger partial charge in [0.1, 0.15) is 5.01 Å². The zero-order chi connectivity index (χ0) is 10.1. The Bertz CT molecular complexity index is 352. The van der Waals surface area contributed by atoms with Gasteiger partial charge in [-0.25, -0.2) is 0 Å². The van der Waals surface area contributed by atoms with Crippen LogP contribution in [0.2, 0.25) is 0 Å². The van der Waals surface area contributed by atoms with Crippen molar-refractivity contribution in [3.63, 3.8) is 0 Å². The van der Waals surface area contributed by atoms with Crippen molar-refractivity contribution in [2.24, 2.45) is 0 Å². The van der Waals surface area contributed by atoms with Crippen LogP contribution in [0.3, 0.4) is 0 Å². The van der Waals surface area contributed by atoms with Gasteiger partial charge < -0.3 is 10.0 Å². The number of aromatic nitrogens is 2. The van der Waals surface area contributed by atoms with Gasteiger partial charge in [0.05, 0.1) is 6.10 Å². The van der Waals surface area contributed by atoms with E-state index in [2.05, 4.69) is 10.2 Å². The van der Waals surface area contributed by atoms with Gasteiger partial charge in [-0.3, -0.25) is 4.79 Å². The van der Waals surface area contributed by atoms with Gasteiger partial charge in [0.2, 0.25) is 5.01 Å². The highest BCUT2D eigenvalue weighted by Crippen LogP contribution is 2.15. The average molecular weight is 213 g/mol. The summed E-state index contributed by atoms with van der Waals surface area (Å²) in [7, 11) is 0. The Morgan fingerprint density at radius 3 is 2.93 bits per heavy atom. The van der Waals surface area contributed by atoms with Gasteiger partial charge in [0.25, 0.3) is 5.91 Å². The molecule has 0 radical (unpaired) electrons. The summed E-state index contributed by atoms with van der Waals surface area (Å²) in [6.45, 7) is 2.84. The highest BCUT2D eigenvalue weighted by atomic mass is 32.1. The maximum atomic E-state index is 11.7. The lowest BCUT2D eigenvalue weighted by Crippen LogP contribution is -2.29. The van der Waals surface area contributed by atoms with Crippen LogP contribution in [-0.2, 0) is 0 Å². The molecule has 1 aliphatic heterocycles. The Kier molecular flexibility index (Phi) is 2.47. The average Bonchev–Trinajstić information content (AvgIpc) is 2.73. The number of hydrogen-bond donors (Lipinski definition) is 1. The molecule has 14 heavy (non-hydrogen) atoms. The van der Waals surface area contributed by atoms with Crippen LogP contribution >= 0.6 is 11.3 Å². The number of nitrogens with zero attached hydrogens (tertiary/aromatic N) is 3. The second-order valence-corrected chi connectivity index (χ2v) is 4.50. The molecule has 0 unspecified atom stereocenters. The molecule has 1 fully saturated rings. The molecule has 2 heterocycles. The number of likely N-dealkylation sites (tertiary alicyclic amines) is 1. The molecule has 1 aromatic heterocycles. The molecule has 0 aromatic carbocycles. The third-order valence-electron chi connectivity index (χ3n) is 2.16. The lowest BCUT2D eigenvalue weighted by molar-refractivity contribution is 0.0764. The van der Waals surface area contributed by atoms with Gasteiger partial charge >= 0.3 is 0 Å². The Balaban J connectivity index is 2.09. The summed E-state index contributed by atoms with van der Waals surface area (Å²) in [4.78, 5) is 13.3. The molecule has 1 amide bonds. The predicted octanol–water partition coefficient (Wildman–Crippen LogP) is 0.0533. The van der Waals surface area contributed by atoms with Crippen LogP contribution in [0.1, 0.15) is 21.2 Å². The van der Waals surface area contributed by atoms with E-state index >= 15 is 0 Å². The molecule has 0 bridgehead atoms. The zero-order valence-electron chi connectivity index (χ0n) is 7.80. The third kappa shape index (κ3) is 1.76. The number of β-amino-alcohol motifs (C(OH)–C–C–N with tert-alkyl or cyclic N) is 1. The largest absolute Gasteiger partial charge is 0.391 e. The number of hydrogen-bond acceptors (Lipinski definition) is 5. The number of carbonyl (C=O) groups is 1. The minimum atomic E-state index is -0.382. The van der Waals surface area contributed by atoms with Gasteiger partial charge in [0, 0.05) is 13.1 Å². The van der Waals surface area contributed by atoms with E-state index in [4.69, 9.17) is 0 Å². The fourth-order valence-corrected chi connectivity index (χ4v) is 2.10. The van der Waals surface area contributed by atoms with E-state index in [1.54, 1.807) is 4.90 Å². The van der Waals surface area contributed by atoms with Crippen molar-refractivity contribution in [2.75, 3.05) is 13.1 Å². The second kappa shape index (κ2) is 3.62. The van der Waals surface area contributed by atoms with Crippen molar-refractivity contribution in [2.45, 2.75) is 19.4 Å². The molecular weight excluding hydrogens is 202 g/mol. The van der Waals surface area contributed by atoms with Crippen molar-refractivity contribution in [1.29, 1.82) is 0 Å². The molecule has 0 spiro atoms. The SMILES string of the molecule is Cc1nnc(C(=O)N2CC[C@H](O)C2)s1. The Hall–Kier alpha value is -1.01. The number of amides is 1.